The Hall–Kier alpha value is -0.0800. The Morgan fingerprint density at radius 3 is 2.47 bits per heavy atom. The smallest absolute Gasteiger partial charge is 0.0591 e. The van der Waals surface area contributed by atoms with Crippen LogP contribution in [0.15, 0.2) is 0 Å². The molecule has 0 unspecified atom stereocenters. The fourth-order valence-corrected chi connectivity index (χ4v) is 1.83. The molecule has 0 aliphatic rings. The third-order valence-corrected chi connectivity index (χ3v) is 2.94. The van der Waals surface area contributed by atoms with Gasteiger partial charge in [0.1, 0.15) is 0 Å². The first-order valence-electron chi connectivity index (χ1n) is 7.26. The van der Waals surface area contributed by atoms with E-state index in [4.69, 9.17) is 4.74 Å². The number of unbranched alkanes of at least 4 members (excludes halogenated alkanes) is 2. The van der Waals surface area contributed by atoms with Gasteiger partial charge in [0.15, 0.2) is 0 Å². The molecule has 0 aliphatic carbocycles. The maximum Gasteiger partial charge on any atom is 0.0591 e. The fraction of sp³-hybridized carbons (Fsp3) is 1.00. The fourth-order valence-electron chi connectivity index (χ4n) is 1.83. The summed E-state index contributed by atoms with van der Waals surface area (Å²) in [6, 6.07) is 0. The molecule has 0 aliphatic heterocycles. The van der Waals surface area contributed by atoms with Crippen LogP contribution in [0.1, 0.15) is 60.3 Å². The first-order chi connectivity index (χ1) is 7.98. The molecule has 0 heterocycles. The van der Waals surface area contributed by atoms with Gasteiger partial charge < -0.3 is 10.1 Å². The van der Waals surface area contributed by atoms with Crippen molar-refractivity contribution in [3.05, 3.63) is 0 Å². The summed E-state index contributed by atoms with van der Waals surface area (Å²) >= 11 is 0. The lowest BCUT2D eigenvalue weighted by atomic mass is 9.87. The van der Waals surface area contributed by atoms with E-state index in [-0.39, 0.29) is 0 Å². The second-order valence-electron chi connectivity index (χ2n) is 6.27. The maximum absolute atomic E-state index is 5.55. The predicted molar refractivity (Wildman–Crippen MR) is 76.4 cm³/mol. The van der Waals surface area contributed by atoms with E-state index in [1.165, 1.54) is 25.7 Å². The van der Waals surface area contributed by atoms with Crippen molar-refractivity contribution < 1.29 is 4.74 Å². The summed E-state index contributed by atoms with van der Waals surface area (Å²) in [5, 5.41) is 3.50. The van der Waals surface area contributed by atoms with Crippen molar-refractivity contribution in [1.29, 1.82) is 0 Å². The lowest BCUT2D eigenvalue weighted by Crippen LogP contribution is -2.31. The van der Waals surface area contributed by atoms with Crippen LogP contribution in [0.3, 0.4) is 0 Å². The molecule has 104 valence electrons. The summed E-state index contributed by atoms with van der Waals surface area (Å²) in [5.41, 5.74) is 0.424. The van der Waals surface area contributed by atoms with Crippen molar-refractivity contribution in [2.45, 2.75) is 60.3 Å². The molecular formula is C15H33NO. The summed E-state index contributed by atoms with van der Waals surface area (Å²) in [5.74, 6) is 0.639. The Morgan fingerprint density at radius 1 is 1.18 bits per heavy atom. The molecule has 0 atom stereocenters. The lowest BCUT2D eigenvalue weighted by molar-refractivity contribution is 0.109. The van der Waals surface area contributed by atoms with E-state index >= 15 is 0 Å². The van der Waals surface area contributed by atoms with Gasteiger partial charge in [0.25, 0.3) is 0 Å². The quantitative estimate of drug-likeness (QED) is 0.556. The molecule has 2 nitrogen and oxygen atoms in total. The molecule has 17 heavy (non-hydrogen) atoms. The van der Waals surface area contributed by atoms with Crippen LogP contribution >= 0.6 is 0 Å². The maximum atomic E-state index is 5.55. The van der Waals surface area contributed by atoms with E-state index in [9.17, 15) is 0 Å². The van der Waals surface area contributed by atoms with Crippen molar-refractivity contribution in [3.63, 3.8) is 0 Å². The van der Waals surface area contributed by atoms with Crippen LogP contribution in [0.4, 0.5) is 0 Å². The molecule has 0 saturated heterocycles. The van der Waals surface area contributed by atoms with E-state index < -0.39 is 0 Å². The molecule has 0 radical (unpaired) electrons. The van der Waals surface area contributed by atoms with Gasteiger partial charge in [0, 0.05) is 19.7 Å². The molecule has 0 aromatic carbocycles. The summed E-state index contributed by atoms with van der Waals surface area (Å²) in [7, 11) is 0. The molecule has 0 saturated carbocycles. The molecule has 0 aromatic rings. The minimum absolute atomic E-state index is 0.424. The number of ether oxygens (including phenoxy) is 1. The first-order valence-corrected chi connectivity index (χ1v) is 7.26. The average Bonchev–Trinajstić information content (AvgIpc) is 2.23. The van der Waals surface area contributed by atoms with Gasteiger partial charge in [0.05, 0.1) is 6.61 Å². The zero-order valence-electron chi connectivity index (χ0n) is 12.6. The minimum Gasteiger partial charge on any atom is -0.380 e. The standard InChI is InChI=1S/C15H33NO/c1-6-7-8-9-15(4,5)13-16-10-11-17-12-14(2)3/h14,16H,6-13H2,1-5H3. The number of nitrogens with one attached hydrogen (secondary N) is 1. The van der Waals surface area contributed by atoms with Gasteiger partial charge in [-0.2, -0.15) is 0 Å². The number of hydrogen-bond donors (Lipinski definition) is 1. The van der Waals surface area contributed by atoms with Gasteiger partial charge in [-0.3, -0.25) is 0 Å². The second kappa shape index (κ2) is 9.90. The Bertz CT molecular complexity index is 166. The van der Waals surface area contributed by atoms with Crippen LogP contribution in [-0.2, 0) is 4.74 Å². The zero-order chi connectivity index (χ0) is 13.1. The Morgan fingerprint density at radius 2 is 1.88 bits per heavy atom. The predicted octanol–water partition coefficient (Wildman–Crippen LogP) is 3.86. The van der Waals surface area contributed by atoms with E-state index in [0.717, 1.165) is 26.3 Å². The normalized spacial score (nSPS) is 12.4. The highest BCUT2D eigenvalue weighted by atomic mass is 16.5. The van der Waals surface area contributed by atoms with Crippen LogP contribution in [0.2, 0.25) is 0 Å². The summed E-state index contributed by atoms with van der Waals surface area (Å²) in [6.07, 6.45) is 5.35. The molecule has 0 fully saturated rings. The molecule has 2 heteroatoms. The van der Waals surface area contributed by atoms with Crippen LogP contribution in [-0.4, -0.2) is 26.3 Å². The summed E-state index contributed by atoms with van der Waals surface area (Å²) in [4.78, 5) is 0. The number of rotatable bonds is 11. The molecule has 0 aromatic heterocycles. The average molecular weight is 243 g/mol. The Kier molecular flexibility index (Phi) is 9.85. The van der Waals surface area contributed by atoms with Crippen molar-refractivity contribution in [3.8, 4) is 0 Å². The second-order valence-corrected chi connectivity index (χ2v) is 6.27. The van der Waals surface area contributed by atoms with Gasteiger partial charge in [-0.05, 0) is 17.8 Å². The Labute approximate surface area is 109 Å². The molecule has 0 bridgehead atoms. The zero-order valence-corrected chi connectivity index (χ0v) is 12.6. The van der Waals surface area contributed by atoms with Crippen molar-refractivity contribution in [2.75, 3.05) is 26.3 Å². The Balaban J connectivity index is 3.38. The van der Waals surface area contributed by atoms with E-state index in [0.29, 0.717) is 11.3 Å². The molecule has 0 amide bonds. The van der Waals surface area contributed by atoms with E-state index in [1.807, 2.05) is 0 Å². The van der Waals surface area contributed by atoms with Gasteiger partial charge >= 0.3 is 0 Å². The highest BCUT2D eigenvalue weighted by Gasteiger charge is 2.16. The molecule has 0 spiro atoms. The van der Waals surface area contributed by atoms with Crippen LogP contribution < -0.4 is 5.32 Å². The minimum atomic E-state index is 0.424. The summed E-state index contributed by atoms with van der Waals surface area (Å²) < 4.78 is 5.55. The van der Waals surface area contributed by atoms with Gasteiger partial charge in [-0.15, -0.1) is 0 Å². The van der Waals surface area contributed by atoms with Gasteiger partial charge in [-0.25, -0.2) is 0 Å². The molecule has 0 rings (SSSR count). The molecule has 1 N–H and O–H groups in total. The van der Waals surface area contributed by atoms with Crippen molar-refractivity contribution >= 4 is 0 Å². The van der Waals surface area contributed by atoms with Crippen LogP contribution in [0.5, 0.6) is 0 Å². The highest BCUT2D eigenvalue weighted by Crippen LogP contribution is 2.22. The molecular weight excluding hydrogens is 210 g/mol. The summed E-state index contributed by atoms with van der Waals surface area (Å²) in [6.45, 7) is 15.1. The van der Waals surface area contributed by atoms with Crippen LogP contribution in [0, 0.1) is 11.3 Å². The highest BCUT2D eigenvalue weighted by molar-refractivity contribution is 4.71. The van der Waals surface area contributed by atoms with Crippen LogP contribution in [0.25, 0.3) is 0 Å². The first kappa shape index (κ1) is 16.9. The third-order valence-electron chi connectivity index (χ3n) is 2.94. The largest absolute Gasteiger partial charge is 0.380 e. The van der Waals surface area contributed by atoms with Gasteiger partial charge in [-0.1, -0.05) is 53.9 Å². The topological polar surface area (TPSA) is 21.3 Å². The van der Waals surface area contributed by atoms with Crippen molar-refractivity contribution in [2.24, 2.45) is 11.3 Å². The monoisotopic (exact) mass is 243 g/mol. The van der Waals surface area contributed by atoms with Gasteiger partial charge in [0.2, 0.25) is 0 Å². The number of hydrogen-bond acceptors (Lipinski definition) is 2. The SMILES string of the molecule is CCCCCC(C)(C)CNCCOCC(C)C. The van der Waals surface area contributed by atoms with E-state index in [2.05, 4.69) is 39.9 Å². The third kappa shape index (κ3) is 12.2. The van der Waals surface area contributed by atoms with Crippen molar-refractivity contribution in [1.82, 2.24) is 5.32 Å². The lowest BCUT2D eigenvalue weighted by Gasteiger charge is -2.25. The van der Waals surface area contributed by atoms with E-state index in [1.54, 1.807) is 0 Å².